The van der Waals surface area contributed by atoms with Crippen LogP contribution >= 0.6 is 0 Å². The van der Waals surface area contributed by atoms with Crippen molar-refractivity contribution in [3.8, 4) is 22.3 Å². The number of hydrogen-bond acceptors (Lipinski definition) is 1. The van der Waals surface area contributed by atoms with Gasteiger partial charge in [-0.15, -0.1) is 0 Å². The molecule has 0 saturated carbocycles. The highest BCUT2D eigenvalue weighted by atomic mass is 14.7. The fourth-order valence-corrected chi connectivity index (χ4v) is 6.51. The molecule has 0 fully saturated rings. The van der Waals surface area contributed by atoms with E-state index in [-0.39, 0.29) is 5.41 Å². The van der Waals surface area contributed by atoms with Gasteiger partial charge in [-0.05, 0) is 66.6 Å². The maximum atomic E-state index is 4.61. The zero-order chi connectivity index (χ0) is 26.1. The van der Waals surface area contributed by atoms with E-state index in [1.165, 1.54) is 118 Å². The van der Waals surface area contributed by atoms with E-state index in [1.807, 2.05) is 6.20 Å². The van der Waals surface area contributed by atoms with Crippen molar-refractivity contribution in [3.05, 3.63) is 77.1 Å². The molecule has 0 amide bonds. The van der Waals surface area contributed by atoms with Gasteiger partial charge in [0.1, 0.15) is 0 Å². The highest BCUT2D eigenvalue weighted by molar-refractivity contribution is 5.84. The Morgan fingerprint density at radius 2 is 1.11 bits per heavy atom. The van der Waals surface area contributed by atoms with Gasteiger partial charge in [-0.3, -0.25) is 4.98 Å². The van der Waals surface area contributed by atoms with Gasteiger partial charge in [0.15, 0.2) is 0 Å². The van der Waals surface area contributed by atoms with Crippen LogP contribution in [-0.2, 0) is 5.41 Å². The van der Waals surface area contributed by atoms with Crippen molar-refractivity contribution in [2.24, 2.45) is 0 Å². The number of aryl methyl sites for hydroxylation is 2. The number of aromatic nitrogens is 1. The molecule has 1 nitrogen and oxygen atoms in total. The van der Waals surface area contributed by atoms with Gasteiger partial charge in [0.05, 0.1) is 0 Å². The molecule has 198 valence electrons. The Labute approximate surface area is 227 Å². The standard InChI is InChI=1S/C36H49N/c1-5-7-9-11-13-15-23-36(24-16-14-12-10-8-6-2)34-25-28(3)17-21-32(34)33-22-20-30(26-35(33)36)31-19-18-29(4)37-27-31/h17-22,25-27H,5-16,23-24H2,1-4H3. The van der Waals surface area contributed by atoms with Crippen molar-refractivity contribution < 1.29 is 0 Å². The Morgan fingerprint density at radius 3 is 1.70 bits per heavy atom. The fraction of sp³-hybridized carbons (Fsp3) is 0.528. The van der Waals surface area contributed by atoms with Crippen LogP contribution in [0, 0.1) is 13.8 Å². The highest BCUT2D eigenvalue weighted by Crippen LogP contribution is 2.55. The summed E-state index contributed by atoms with van der Waals surface area (Å²) < 4.78 is 0. The first-order chi connectivity index (χ1) is 18.1. The van der Waals surface area contributed by atoms with Crippen LogP contribution < -0.4 is 0 Å². The molecule has 4 rings (SSSR count). The number of hydrogen-bond donors (Lipinski definition) is 0. The number of unbranched alkanes of at least 4 members (excludes halogenated alkanes) is 10. The van der Waals surface area contributed by atoms with Gasteiger partial charge in [0.25, 0.3) is 0 Å². The van der Waals surface area contributed by atoms with Crippen LogP contribution in [0.1, 0.15) is 126 Å². The summed E-state index contributed by atoms with van der Waals surface area (Å²) in [5.41, 5.74) is 11.3. The van der Waals surface area contributed by atoms with Crippen molar-refractivity contribution in [3.63, 3.8) is 0 Å². The summed E-state index contributed by atoms with van der Waals surface area (Å²) in [7, 11) is 0. The third-order valence-electron chi connectivity index (χ3n) is 8.67. The molecule has 0 atom stereocenters. The smallest absolute Gasteiger partial charge is 0.0373 e. The monoisotopic (exact) mass is 495 g/mol. The molecule has 2 aromatic carbocycles. The lowest BCUT2D eigenvalue weighted by molar-refractivity contribution is 0.398. The summed E-state index contributed by atoms with van der Waals surface area (Å²) in [4.78, 5) is 4.61. The number of pyridine rings is 1. The molecule has 1 heterocycles. The van der Waals surface area contributed by atoms with Gasteiger partial charge in [0, 0.05) is 22.9 Å². The summed E-state index contributed by atoms with van der Waals surface area (Å²) in [5.74, 6) is 0. The lowest BCUT2D eigenvalue weighted by atomic mass is 9.70. The first-order valence-corrected chi connectivity index (χ1v) is 15.3. The third kappa shape index (κ3) is 6.54. The molecular formula is C36H49N. The first-order valence-electron chi connectivity index (χ1n) is 15.3. The van der Waals surface area contributed by atoms with Gasteiger partial charge in [-0.2, -0.15) is 0 Å². The van der Waals surface area contributed by atoms with Crippen LogP contribution in [0.5, 0.6) is 0 Å². The summed E-state index contributed by atoms with van der Waals surface area (Å²) in [6.45, 7) is 8.96. The molecule has 3 aromatic rings. The van der Waals surface area contributed by atoms with Gasteiger partial charge in [-0.25, -0.2) is 0 Å². The molecule has 37 heavy (non-hydrogen) atoms. The largest absolute Gasteiger partial charge is 0.261 e. The summed E-state index contributed by atoms with van der Waals surface area (Å²) in [6.07, 6.45) is 20.9. The second-order valence-electron chi connectivity index (χ2n) is 11.6. The van der Waals surface area contributed by atoms with Crippen LogP contribution in [-0.4, -0.2) is 4.98 Å². The van der Waals surface area contributed by atoms with Crippen molar-refractivity contribution in [1.82, 2.24) is 4.98 Å². The Balaban J connectivity index is 1.69. The molecule has 0 radical (unpaired) electrons. The summed E-state index contributed by atoms with van der Waals surface area (Å²) >= 11 is 0. The third-order valence-corrected chi connectivity index (χ3v) is 8.67. The van der Waals surface area contributed by atoms with Crippen LogP contribution in [0.2, 0.25) is 0 Å². The van der Waals surface area contributed by atoms with E-state index in [2.05, 4.69) is 81.2 Å². The van der Waals surface area contributed by atoms with E-state index in [9.17, 15) is 0 Å². The van der Waals surface area contributed by atoms with E-state index in [0.29, 0.717) is 0 Å². The van der Waals surface area contributed by atoms with Crippen LogP contribution in [0.3, 0.4) is 0 Å². The maximum absolute atomic E-state index is 4.61. The Morgan fingerprint density at radius 1 is 0.568 bits per heavy atom. The molecule has 0 aliphatic heterocycles. The molecule has 1 aromatic heterocycles. The molecule has 1 aliphatic rings. The Kier molecular flexibility index (Phi) is 10.0. The van der Waals surface area contributed by atoms with Gasteiger partial charge in [-0.1, -0.05) is 133 Å². The zero-order valence-corrected chi connectivity index (χ0v) is 24.0. The lowest BCUT2D eigenvalue weighted by Crippen LogP contribution is -2.25. The number of benzene rings is 2. The van der Waals surface area contributed by atoms with E-state index in [0.717, 1.165) is 5.69 Å². The minimum absolute atomic E-state index is 0.139. The second kappa shape index (κ2) is 13.4. The van der Waals surface area contributed by atoms with E-state index >= 15 is 0 Å². The number of fused-ring (bicyclic) bond motifs is 3. The van der Waals surface area contributed by atoms with Crippen molar-refractivity contribution in [2.45, 2.75) is 123 Å². The van der Waals surface area contributed by atoms with E-state index in [4.69, 9.17) is 0 Å². The molecule has 0 saturated heterocycles. The maximum Gasteiger partial charge on any atom is 0.0373 e. The van der Waals surface area contributed by atoms with Crippen LogP contribution in [0.25, 0.3) is 22.3 Å². The predicted octanol–water partition coefficient (Wildman–Crippen LogP) is 11.1. The quantitative estimate of drug-likeness (QED) is 0.191. The number of nitrogens with zero attached hydrogens (tertiary/aromatic N) is 1. The molecule has 0 N–H and O–H groups in total. The zero-order valence-electron chi connectivity index (χ0n) is 24.0. The topological polar surface area (TPSA) is 12.9 Å². The van der Waals surface area contributed by atoms with Gasteiger partial charge in [0.2, 0.25) is 0 Å². The average molecular weight is 496 g/mol. The average Bonchev–Trinajstić information content (AvgIpc) is 3.17. The summed E-state index contributed by atoms with van der Waals surface area (Å²) in [6, 6.07) is 18.9. The first kappa shape index (κ1) is 27.6. The van der Waals surface area contributed by atoms with Gasteiger partial charge < -0.3 is 0 Å². The second-order valence-corrected chi connectivity index (χ2v) is 11.6. The van der Waals surface area contributed by atoms with E-state index in [1.54, 1.807) is 11.1 Å². The van der Waals surface area contributed by atoms with Gasteiger partial charge >= 0.3 is 0 Å². The highest BCUT2D eigenvalue weighted by Gasteiger charge is 2.42. The van der Waals surface area contributed by atoms with Crippen LogP contribution in [0.4, 0.5) is 0 Å². The molecule has 0 spiro atoms. The molecular weight excluding hydrogens is 446 g/mol. The summed E-state index contributed by atoms with van der Waals surface area (Å²) in [5, 5.41) is 0. The van der Waals surface area contributed by atoms with Crippen molar-refractivity contribution in [1.29, 1.82) is 0 Å². The predicted molar refractivity (Wildman–Crippen MR) is 161 cm³/mol. The lowest BCUT2D eigenvalue weighted by Gasteiger charge is -2.33. The van der Waals surface area contributed by atoms with Crippen molar-refractivity contribution in [2.75, 3.05) is 0 Å². The molecule has 0 bridgehead atoms. The SMILES string of the molecule is CCCCCCCCC1(CCCCCCCC)c2cc(C)ccc2-c2ccc(-c3ccc(C)nc3)cc21. The number of rotatable bonds is 15. The minimum atomic E-state index is 0.139. The normalized spacial score (nSPS) is 13.5. The fourth-order valence-electron chi connectivity index (χ4n) is 6.51. The molecule has 0 unspecified atom stereocenters. The molecule has 1 aliphatic carbocycles. The van der Waals surface area contributed by atoms with Crippen LogP contribution in [0.15, 0.2) is 54.7 Å². The Bertz CT molecular complexity index is 1110. The van der Waals surface area contributed by atoms with Crippen molar-refractivity contribution >= 4 is 0 Å². The van der Waals surface area contributed by atoms with E-state index < -0.39 is 0 Å². The Hall–Kier alpha value is -2.41. The minimum Gasteiger partial charge on any atom is -0.261 e. The molecule has 1 heteroatoms.